The number of nitrogens with zero attached hydrogens (tertiary/aromatic N) is 3. The molecule has 0 saturated carbocycles. The summed E-state index contributed by atoms with van der Waals surface area (Å²) in [6.07, 6.45) is 0. The van der Waals surface area contributed by atoms with Crippen LogP contribution in [0.4, 0.5) is 8.78 Å². The molecule has 82 valence electrons. The van der Waals surface area contributed by atoms with Crippen molar-refractivity contribution >= 4 is 28.5 Å². The molecule has 0 N–H and O–H groups in total. The molecule has 0 bridgehead atoms. The van der Waals surface area contributed by atoms with Crippen molar-refractivity contribution < 1.29 is 13.6 Å². The predicted octanol–water partition coefficient (Wildman–Crippen LogP) is 1.05. The van der Waals surface area contributed by atoms with Crippen LogP contribution in [-0.2, 0) is 17.3 Å². The molecule has 1 aromatic heterocycles. The Labute approximate surface area is 98.4 Å². The zero-order chi connectivity index (χ0) is 11.2. The van der Waals surface area contributed by atoms with E-state index in [1.165, 1.54) is 13.1 Å². The standard InChI is InChI=1S/C8H8F2IN3O/c1-13-4-8(9,10)5-2-6(11)12-14(5)3-7(13)15/h2H,3-4H2,1H3. The second-order valence-corrected chi connectivity index (χ2v) is 4.57. The second-order valence-electron chi connectivity index (χ2n) is 3.46. The first kappa shape index (κ1) is 10.8. The molecule has 1 aromatic rings. The quantitative estimate of drug-likeness (QED) is 0.668. The molecule has 0 spiro atoms. The van der Waals surface area contributed by atoms with Crippen molar-refractivity contribution in [1.29, 1.82) is 0 Å². The van der Waals surface area contributed by atoms with Gasteiger partial charge in [0, 0.05) is 7.05 Å². The molecule has 1 aliphatic heterocycles. The highest BCUT2D eigenvalue weighted by Crippen LogP contribution is 2.31. The number of fused-ring (bicyclic) bond motifs is 1. The number of halogens is 3. The molecule has 4 nitrogen and oxygen atoms in total. The van der Waals surface area contributed by atoms with Crippen LogP contribution in [0.1, 0.15) is 5.69 Å². The van der Waals surface area contributed by atoms with Gasteiger partial charge in [-0.2, -0.15) is 13.9 Å². The first-order chi connectivity index (χ1) is 6.90. The lowest BCUT2D eigenvalue weighted by atomic mass is 10.2. The van der Waals surface area contributed by atoms with Gasteiger partial charge in [0.1, 0.15) is 15.9 Å². The minimum atomic E-state index is -3.03. The molecule has 2 rings (SSSR count). The largest absolute Gasteiger partial charge is 0.338 e. The number of aromatic nitrogens is 2. The summed E-state index contributed by atoms with van der Waals surface area (Å²) in [6, 6.07) is 1.31. The van der Waals surface area contributed by atoms with Crippen LogP contribution >= 0.6 is 22.6 Å². The Morgan fingerprint density at radius 1 is 1.60 bits per heavy atom. The van der Waals surface area contributed by atoms with Crippen molar-refractivity contribution in [3.63, 3.8) is 0 Å². The van der Waals surface area contributed by atoms with Gasteiger partial charge in [-0.05, 0) is 28.7 Å². The number of amides is 1. The van der Waals surface area contributed by atoms with Crippen molar-refractivity contribution in [2.75, 3.05) is 13.6 Å². The van der Waals surface area contributed by atoms with Crippen molar-refractivity contribution in [2.24, 2.45) is 0 Å². The van der Waals surface area contributed by atoms with Crippen molar-refractivity contribution in [1.82, 2.24) is 14.7 Å². The van der Waals surface area contributed by atoms with Gasteiger partial charge in [0.15, 0.2) is 0 Å². The maximum absolute atomic E-state index is 13.6. The second kappa shape index (κ2) is 3.39. The van der Waals surface area contributed by atoms with Crippen molar-refractivity contribution in [3.05, 3.63) is 15.5 Å². The third kappa shape index (κ3) is 1.84. The van der Waals surface area contributed by atoms with E-state index in [-0.39, 0.29) is 18.1 Å². The fraction of sp³-hybridized carbons (Fsp3) is 0.500. The maximum atomic E-state index is 13.6. The molecule has 15 heavy (non-hydrogen) atoms. The summed E-state index contributed by atoms with van der Waals surface area (Å²) >= 11 is 1.85. The minimum absolute atomic E-state index is 0.121. The SMILES string of the molecule is CN1CC(F)(F)c2cc(I)nn2CC1=O. The van der Waals surface area contributed by atoms with Gasteiger partial charge in [0.05, 0.1) is 6.54 Å². The fourth-order valence-corrected chi connectivity index (χ4v) is 2.07. The summed E-state index contributed by atoms with van der Waals surface area (Å²) in [7, 11) is 1.37. The smallest absolute Gasteiger partial charge is 0.306 e. The third-order valence-electron chi connectivity index (χ3n) is 2.27. The summed E-state index contributed by atoms with van der Waals surface area (Å²) < 4.78 is 28.8. The number of carbonyl (C=O) groups is 1. The van der Waals surface area contributed by atoms with Crippen LogP contribution in [0.15, 0.2) is 6.07 Å². The van der Waals surface area contributed by atoms with Gasteiger partial charge in [-0.1, -0.05) is 0 Å². The number of likely N-dealkylation sites (N-methyl/N-ethyl adjacent to an activating group) is 1. The van der Waals surface area contributed by atoms with Crippen LogP contribution in [-0.4, -0.2) is 34.2 Å². The topological polar surface area (TPSA) is 38.1 Å². The number of hydrogen-bond acceptors (Lipinski definition) is 2. The van der Waals surface area contributed by atoms with Crippen LogP contribution in [0, 0.1) is 3.70 Å². The van der Waals surface area contributed by atoms with Crippen LogP contribution in [0.5, 0.6) is 0 Å². The summed E-state index contributed by atoms with van der Waals surface area (Å²) in [5, 5.41) is 3.87. The maximum Gasteiger partial charge on any atom is 0.306 e. The van der Waals surface area contributed by atoms with Crippen LogP contribution in [0.25, 0.3) is 0 Å². The lowest BCUT2D eigenvalue weighted by molar-refractivity contribution is -0.133. The summed E-state index contributed by atoms with van der Waals surface area (Å²) in [5.41, 5.74) is -0.190. The van der Waals surface area contributed by atoms with Crippen LogP contribution in [0.3, 0.4) is 0 Å². The Kier molecular flexibility index (Phi) is 2.44. The average Bonchev–Trinajstić information content (AvgIpc) is 2.43. The molecule has 1 amide bonds. The molecule has 0 unspecified atom stereocenters. The van der Waals surface area contributed by atoms with E-state index in [9.17, 15) is 13.6 Å². The highest BCUT2D eigenvalue weighted by molar-refractivity contribution is 14.1. The van der Waals surface area contributed by atoms with Crippen molar-refractivity contribution in [3.8, 4) is 0 Å². The van der Waals surface area contributed by atoms with Gasteiger partial charge < -0.3 is 4.90 Å². The number of hydrogen-bond donors (Lipinski definition) is 0. The van der Waals surface area contributed by atoms with E-state index in [0.717, 1.165) is 9.58 Å². The molecule has 2 heterocycles. The monoisotopic (exact) mass is 327 g/mol. The highest BCUT2D eigenvalue weighted by Gasteiger charge is 2.41. The van der Waals surface area contributed by atoms with Gasteiger partial charge >= 0.3 is 5.92 Å². The lowest BCUT2D eigenvalue weighted by Crippen LogP contribution is -2.34. The molecule has 0 atom stereocenters. The Morgan fingerprint density at radius 2 is 2.27 bits per heavy atom. The fourth-order valence-electron chi connectivity index (χ4n) is 1.52. The summed E-state index contributed by atoms with van der Waals surface area (Å²) in [4.78, 5) is 12.4. The molecular formula is C8H8F2IN3O. The number of rotatable bonds is 0. The van der Waals surface area contributed by atoms with Gasteiger partial charge in [0.25, 0.3) is 0 Å². The summed E-state index contributed by atoms with van der Waals surface area (Å²) in [5.74, 6) is -3.38. The van der Waals surface area contributed by atoms with E-state index >= 15 is 0 Å². The predicted molar refractivity (Wildman–Crippen MR) is 56.5 cm³/mol. The Morgan fingerprint density at radius 3 is 2.93 bits per heavy atom. The Bertz CT molecular complexity index is 418. The molecule has 0 fully saturated rings. The number of carbonyl (C=O) groups excluding carboxylic acids is 1. The van der Waals surface area contributed by atoms with Gasteiger partial charge in [-0.25, -0.2) is 0 Å². The van der Waals surface area contributed by atoms with Crippen LogP contribution < -0.4 is 0 Å². The van der Waals surface area contributed by atoms with E-state index in [0.29, 0.717) is 3.70 Å². The zero-order valence-electron chi connectivity index (χ0n) is 7.88. The lowest BCUT2D eigenvalue weighted by Gasteiger charge is -2.19. The van der Waals surface area contributed by atoms with E-state index < -0.39 is 12.5 Å². The zero-order valence-corrected chi connectivity index (χ0v) is 10.0. The van der Waals surface area contributed by atoms with Crippen molar-refractivity contribution in [2.45, 2.75) is 12.5 Å². The van der Waals surface area contributed by atoms with E-state index in [1.807, 2.05) is 22.6 Å². The van der Waals surface area contributed by atoms with Crippen LogP contribution in [0.2, 0.25) is 0 Å². The van der Waals surface area contributed by atoms with E-state index in [1.54, 1.807) is 0 Å². The molecule has 0 radical (unpaired) electrons. The Hall–Kier alpha value is -0.730. The average molecular weight is 327 g/mol. The first-order valence-corrected chi connectivity index (χ1v) is 5.33. The summed E-state index contributed by atoms with van der Waals surface area (Å²) in [6.45, 7) is -0.710. The number of alkyl halides is 2. The minimum Gasteiger partial charge on any atom is -0.338 e. The van der Waals surface area contributed by atoms with E-state index in [2.05, 4.69) is 5.10 Å². The first-order valence-electron chi connectivity index (χ1n) is 4.26. The molecule has 1 aliphatic rings. The molecule has 0 saturated heterocycles. The molecular weight excluding hydrogens is 319 g/mol. The van der Waals surface area contributed by atoms with Gasteiger partial charge in [-0.3, -0.25) is 9.48 Å². The van der Waals surface area contributed by atoms with Gasteiger partial charge in [0.2, 0.25) is 5.91 Å². The van der Waals surface area contributed by atoms with Gasteiger partial charge in [-0.15, -0.1) is 0 Å². The third-order valence-corrected chi connectivity index (χ3v) is 2.80. The van der Waals surface area contributed by atoms with E-state index in [4.69, 9.17) is 0 Å². The Balaban J connectivity index is 2.51. The molecule has 7 heteroatoms. The highest BCUT2D eigenvalue weighted by atomic mass is 127. The molecule has 0 aromatic carbocycles. The molecule has 0 aliphatic carbocycles. The normalized spacial score (nSPS) is 20.0.